The zero-order valence-electron chi connectivity index (χ0n) is 9.59. The number of rotatable bonds is 3. The number of hydrogen-bond acceptors (Lipinski definition) is 2. The van der Waals surface area contributed by atoms with Gasteiger partial charge in [-0.1, -0.05) is 11.6 Å². The van der Waals surface area contributed by atoms with Gasteiger partial charge in [0.1, 0.15) is 0 Å². The minimum Gasteiger partial charge on any atom is -0.259 e. The molecule has 0 fully saturated rings. The van der Waals surface area contributed by atoms with Crippen molar-refractivity contribution in [1.82, 2.24) is 4.98 Å². The molecule has 0 aliphatic heterocycles. The minimum atomic E-state index is -1.00. The second-order valence-electron chi connectivity index (χ2n) is 4.47. The number of hydrogen-bond donors (Lipinski definition) is 0. The van der Waals surface area contributed by atoms with Crippen LogP contribution in [0.25, 0.3) is 0 Å². The van der Waals surface area contributed by atoms with Crippen LogP contribution in [0.15, 0.2) is 12.3 Å². The third kappa shape index (κ3) is 3.52. The minimum absolute atomic E-state index is 0.0616. The molecule has 90 valence electrons. The summed E-state index contributed by atoms with van der Waals surface area (Å²) in [4.78, 5) is 3.90. The van der Waals surface area contributed by atoms with E-state index in [1.807, 2.05) is 20.8 Å². The van der Waals surface area contributed by atoms with E-state index in [2.05, 4.69) is 4.98 Å². The van der Waals surface area contributed by atoms with E-state index >= 15 is 0 Å². The van der Waals surface area contributed by atoms with Crippen LogP contribution in [0.3, 0.4) is 0 Å². The van der Waals surface area contributed by atoms with Crippen molar-refractivity contribution in [1.29, 1.82) is 0 Å². The Morgan fingerprint density at radius 1 is 1.50 bits per heavy atom. The largest absolute Gasteiger partial charge is 0.259 e. The molecule has 1 rings (SSSR count). The molecule has 0 aliphatic rings. The molecule has 2 nitrogen and oxygen atoms in total. The van der Waals surface area contributed by atoms with Crippen LogP contribution < -0.4 is 0 Å². The molecule has 1 atom stereocenters. The Morgan fingerprint density at radius 2 is 2.12 bits per heavy atom. The molecule has 0 aromatic carbocycles. The third-order valence-corrected chi connectivity index (χ3v) is 4.35. The summed E-state index contributed by atoms with van der Waals surface area (Å²) in [7, 11) is -1.00. The van der Waals surface area contributed by atoms with E-state index in [1.165, 1.54) is 12.3 Å². The van der Waals surface area contributed by atoms with E-state index in [4.69, 9.17) is 11.6 Å². The number of nitrogens with zero attached hydrogens (tertiary/aromatic N) is 1. The van der Waals surface area contributed by atoms with Gasteiger partial charge in [-0.05, 0) is 26.8 Å². The maximum Gasteiger partial charge on any atom is 0.163 e. The smallest absolute Gasteiger partial charge is 0.163 e. The topological polar surface area (TPSA) is 30.0 Å². The van der Waals surface area contributed by atoms with E-state index in [9.17, 15) is 8.60 Å². The quantitative estimate of drug-likeness (QED) is 0.839. The van der Waals surface area contributed by atoms with Crippen LogP contribution in [0.4, 0.5) is 4.39 Å². The third-order valence-electron chi connectivity index (χ3n) is 2.12. The van der Waals surface area contributed by atoms with Crippen LogP contribution in [0.5, 0.6) is 0 Å². The zero-order valence-corrected chi connectivity index (χ0v) is 11.2. The predicted molar refractivity (Wildman–Crippen MR) is 65.7 cm³/mol. The van der Waals surface area contributed by atoms with Crippen LogP contribution in [0, 0.1) is 5.82 Å². The van der Waals surface area contributed by atoms with Gasteiger partial charge in [0.05, 0.1) is 10.7 Å². The number of pyridine rings is 1. The van der Waals surface area contributed by atoms with Gasteiger partial charge < -0.3 is 0 Å². The van der Waals surface area contributed by atoms with Crippen molar-refractivity contribution in [3.63, 3.8) is 0 Å². The molecular weight excluding hydrogens is 249 g/mol. The SMILES string of the molecule is CC(C)(C)[S@@](=O)CCc1nccc(Cl)c1F. The monoisotopic (exact) mass is 263 g/mol. The van der Waals surface area contributed by atoms with Crippen molar-refractivity contribution in [3.05, 3.63) is 28.8 Å². The Kier molecular flexibility index (Phi) is 4.44. The van der Waals surface area contributed by atoms with Gasteiger partial charge in [0.15, 0.2) is 5.82 Å². The molecule has 0 amide bonds. The number of aryl methyl sites for hydroxylation is 1. The Bertz CT molecular complexity index is 403. The first-order valence-electron chi connectivity index (χ1n) is 4.99. The van der Waals surface area contributed by atoms with Crippen LogP contribution >= 0.6 is 11.6 Å². The molecule has 0 unspecified atom stereocenters. The zero-order chi connectivity index (χ0) is 12.3. The van der Waals surface area contributed by atoms with Gasteiger partial charge in [-0.25, -0.2) is 4.39 Å². The molecule has 1 aromatic heterocycles. The highest BCUT2D eigenvalue weighted by atomic mass is 35.5. The summed E-state index contributed by atoms with van der Waals surface area (Å²) in [6.45, 7) is 5.68. The average Bonchev–Trinajstić information content (AvgIpc) is 2.18. The van der Waals surface area contributed by atoms with Gasteiger partial charge in [0.2, 0.25) is 0 Å². The molecule has 16 heavy (non-hydrogen) atoms. The molecule has 1 heterocycles. The van der Waals surface area contributed by atoms with Crippen molar-refractivity contribution < 1.29 is 8.60 Å². The normalized spacial score (nSPS) is 13.8. The predicted octanol–water partition coefficient (Wildman–Crippen LogP) is 2.96. The molecular formula is C11H15ClFNOS. The van der Waals surface area contributed by atoms with E-state index in [-0.39, 0.29) is 15.5 Å². The van der Waals surface area contributed by atoms with Crippen molar-refractivity contribution in [3.8, 4) is 0 Å². The van der Waals surface area contributed by atoms with Gasteiger partial charge in [0, 0.05) is 33.9 Å². The van der Waals surface area contributed by atoms with Crippen LogP contribution in [-0.4, -0.2) is 19.7 Å². The van der Waals surface area contributed by atoms with Crippen LogP contribution in [0.1, 0.15) is 26.5 Å². The van der Waals surface area contributed by atoms with E-state index in [0.717, 1.165) is 0 Å². The molecule has 0 radical (unpaired) electrons. The standard InChI is InChI=1S/C11H15ClFNOS/c1-11(2,3)16(15)7-5-9-10(13)8(12)4-6-14-9/h4,6H,5,7H2,1-3H3/t16-/m0/s1. The first-order chi connectivity index (χ1) is 7.32. The fourth-order valence-electron chi connectivity index (χ4n) is 1.13. The summed E-state index contributed by atoms with van der Waals surface area (Å²) in [5.41, 5.74) is 0.283. The first-order valence-corrected chi connectivity index (χ1v) is 6.69. The fraction of sp³-hybridized carbons (Fsp3) is 0.545. The van der Waals surface area contributed by atoms with Gasteiger partial charge >= 0.3 is 0 Å². The average molecular weight is 264 g/mol. The van der Waals surface area contributed by atoms with Gasteiger partial charge in [-0.3, -0.25) is 9.19 Å². The van der Waals surface area contributed by atoms with E-state index in [0.29, 0.717) is 12.2 Å². The maximum atomic E-state index is 13.5. The lowest BCUT2D eigenvalue weighted by Crippen LogP contribution is -2.25. The second-order valence-corrected chi connectivity index (χ2v) is 7.20. The summed E-state index contributed by atoms with van der Waals surface area (Å²) < 4.78 is 24.9. The van der Waals surface area contributed by atoms with E-state index < -0.39 is 16.6 Å². The van der Waals surface area contributed by atoms with Crippen LogP contribution in [-0.2, 0) is 17.2 Å². The molecule has 0 aliphatic carbocycles. The molecule has 0 N–H and O–H groups in total. The molecule has 5 heteroatoms. The lowest BCUT2D eigenvalue weighted by molar-refractivity contribution is 0.600. The van der Waals surface area contributed by atoms with Crippen molar-refractivity contribution in [2.75, 3.05) is 5.75 Å². The Hall–Kier alpha value is -0.480. The van der Waals surface area contributed by atoms with Gasteiger partial charge in [-0.2, -0.15) is 0 Å². The lowest BCUT2D eigenvalue weighted by Gasteiger charge is -2.17. The second kappa shape index (κ2) is 5.23. The molecule has 0 spiro atoms. The van der Waals surface area contributed by atoms with E-state index in [1.54, 1.807) is 0 Å². The summed E-state index contributed by atoms with van der Waals surface area (Å²) in [6, 6.07) is 1.40. The lowest BCUT2D eigenvalue weighted by atomic mass is 10.3. The Labute approximate surface area is 103 Å². The summed E-state index contributed by atoms with van der Waals surface area (Å²) in [6.07, 6.45) is 1.80. The summed E-state index contributed by atoms with van der Waals surface area (Å²) in [5, 5.41) is 0.0616. The van der Waals surface area contributed by atoms with Crippen molar-refractivity contribution in [2.45, 2.75) is 31.9 Å². The highest BCUT2D eigenvalue weighted by Gasteiger charge is 2.20. The highest BCUT2D eigenvalue weighted by molar-refractivity contribution is 7.86. The Morgan fingerprint density at radius 3 is 2.69 bits per heavy atom. The van der Waals surface area contributed by atoms with Crippen molar-refractivity contribution >= 4 is 22.4 Å². The van der Waals surface area contributed by atoms with Gasteiger partial charge in [-0.15, -0.1) is 0 Å². The molecule has 1 aromatic rings. The summed E-state index contributed by atoms with van der Waals surface area (Å²) >= 11 is 5.63. The first kappa shape index (κ1) is 13.6. The number of aromatic nitrogens is 1. The number of halogens is 2. The molecule has 0 saturated heterocycles. The van der Waals surface area contributed by atoms with Crippen LogP contribution in [0.2, 0.25) is 5.02 Å². The maximum absolute atomic E-state index is 13.5. The molecule has 0 bridgehead atoms. The van der Waals surface area contributed by atoms with Gasteiger partial charge in [0.25, 0.3) is 0 Å². The Balaban J connectivity index is 2.69. The highest BCUT2D eigenvalue weighted by Crippen LogP contribution is 2.18. The van der Waals surface area contributed by atoms with Crippen molar-refractivity contribution in [2.24, 2.45) is 0 Å². The molecule has 0 saturated carbocycles. The fourth-order valence-corrected chi connectivity index (χ4v) is 2.29. The summed E-state index contributed by atoms with van der Waals surface area (Å²) in [5.74, 6) is -0.108.